The minimum atomic E-state index is 0.502. The molecule has 17 heavy (non-hydrogen) atoms. The zero-order valence-electron chi connectivity index (χ0n) is 9.68. The van der Waals surface area contributed by atoms with Crippen molar-refractivity contribution in [3.05, 3.63) is 46.2 Å². The quantitative estimate of drug-likeness (QED) is 0.886. The second kappa shape index (κ2) is 5.70. The predicted octanol–water partition coefficient (Wildman–Crippen LogP) is 2.79. The lowest BCUT2D eigenvalue weighted by Crippen LogP contribution is -1.99. The van der Waals surface area contributed by atoms with Crippen LogP contribution in [0.2, 0.25) is 0 Å². The van der Waals surface area contributed by atoms with Crippen molar-refractivity contribution in [1.29, 1.82) is 0 Å². The topological polar surface area (TPSA) is 44.5 Å². The summed E-state index contributed by atoms with van der Waals surface area (Å²) in [4.78, 5) is 1.19. The average molecular weight is 249 g/mol. The number of thiophene rings is 1. The second-order valence-electron chi connectivity index (χ2n) is 3.56. The van der Waals surface area contributed by atoms with E-state index in [1.807, 2.05) is 35.7 Å². The summed E-state index contributed by atoms with van der Waals surface area (Å²) >= 11 is 1.68. The van der Waals surface area contributed by atoms with Crippen LogP contribution in [-0.4, -0.2) is 7.11 Å². The first-order chi connectivity index (χ1) is 8.33. The van der Waals surface area contributed by atoms with Gasteiger partial charge in [-0.1, -0.05) is 12.1 Å². The average Bonchev–Trinajstić information content (AvgIpc) is 2.89. The van der Waals surface area contributed by atoms with Crippen molar-refractivity contribution in [1.82, 2.24) is 0 Å². The number of benzene rings is 1. The molecule has 3 nitrogen and oxygen atoms in total. The monoisotopic (exact) mass is 249 g/mol. The van der Waals surface area contributed by atoms with Gasteiger partial charge in [0.1, 0.15) is 6.61 Å². The van der Waals surface area contributed by atoms with Crippen LogP contribution in [0.4, 0.5) is 0 Å². The Morgan fingerprint density at radius 3 is 2.76 bits per heavy atom. The van der Waals surface area contributed by atoms with Gasteiger partial charge in [0.25, 0.3) is 0 Å². The molecule has 4 heteroatoms. The molecule has 0 fully saturated rings. The Kier molecular flexibility index (Phi) is 4.01. The standard InChI is InChI=1S/C13H15NO2S/c1-15-13-7-10(8-14)4-5-12(13)16-9-11-3-2-6-17-11/h2-7H,8-9,14H2,1H3. The maximum Gasteiger partial charge on any atom is 0.161 e. The molecule has 0 radical (unpaired) electrons. The highest BCUT2D eigenvalue weighted by Crippen LogP contribution is 2.29. The van der Waals surface area contributed by atoms with Crippen LogP contribution in [-0.2, 0) is 13.2 Å². The normalized spacial score (nSPS) is 10.2. The number of rotatable bonds is 5. The molecule has 0 unspecified atom stereocenters. The largest absolute Gasteiger partial charge is 0.493 e. The van der Waals surface area contributed by atoms with E-state index in [1.165, 1.54) is 4.88 Å². The second-order valence-corrected chi connectivity index (χ2v) is 4.59. The highest BCUT2D eigenvalue weighted by atomic mass is 32.1. The molecule has 0 saturated carbocycles. The molecular formula is C13H15NO2S. The fourth-order valence-corrected chi connectivity index (χ4v) is 2.12. The lowest BCUT2D eigenvalue weighted by atomic mass is 10.2. The number of ether oxygens (including phenoxy) is 2. The van der Waals surface area contributed by atoms with Gasteiger partial charge in [-0.15, -0.1) is 11.3 Å². The Hall–Kier alpha value is -1.52. The molecule has 2 aromatic rings. The Morgan fingerprint density at radius 2 is 2.12 bits per heavy atom. The van der Waals surface area contributed by atoms with E-state index in [2.05, 4.69) is 0 Å². The molecule has 1 heterocycles. The van der Waals surface area contributed by atoms with E-state index in [4.69, 9.17) is 15.2 Å². The fourth-order valence-electron chi connectivity index (χ4n) is 1.50. The van der Waals surface area contributed by atoms with Gasteiger partial charge in [0.2, 0.25) is 0 Å². The van der Waals surface area contributed by atoms with Gasteiger partial charge in [-0.25, -0.2) is 0 Å². The summed E-state index contributed by atoms with van der Waals surface area (Å²) in [6, 6.07) is 9.81. The van der Waals surface area contributed by atoms with Crippen molar-refractivity contribution in [3.8, 4) is 11.5 Å². The minimum absolute atomic E-state index is 0.502. The molecule has 0 aliphatic carbocycles. The van der Waals surface area contributed by atoms with Crippen LogP contribution < -0.4 is 15.2 Å². The van der Waals surface area contributed by atoms with E-state index < -0.39 is 0 Å². The Bertz CT molecular complexity index is 468. The van der Waals surface area contributed by atoms with E-state index >= 15 is 0 Å². The van der Waals surface area contributed by atoms with Crippen molar-refractivity contribution in [2.45, 2.75) is 13.2 Å². The van der Waals surface area contributed by atoms with E-state index in [1.54, 1.807) is 18.4 Å². The van der Waals surface area contributed by atoms with Gasteiger partial charge in [0.05, 0.1) is 7.11 Å². The molecule has 1 aromatic heterocycles. The summed E-state index contributed by atoms with van der Waals surface area (Å²) in [6.45, 7) is 1.07. The van der Waals surface area contributed by atoms with E-state index in [0.29, 0.717) is 13.2 Å². The summed E-state index contributed by atoms with van der Waals surface area (Å²) in [5.41, 5.74) is 6.61. The minimum Gasteiger partial charge on any atom is -0.493 e. The lowest BCUT2D eigenvalue weighted by Gasteiger charge is -2.11. The van der Waals surface area contributed by atoms with Crippen molar-refractivity contribution in [3.63, 3.8) is 0 Å². The first kappa shape index (κ1) is 12.0. The number of nitrogens with two attached hydrogens (primary N) is 1. The summed E-state index contributed by atoms with van der Waals surface area (Å²) in [5.74, 6) is 1.47. The maximum atomic E-state index is 5.72. The van der Waals surface area contributed by atoms with Crippen LogP contribution in [0.25, 0.3) is 0 Å². The van der Waals surface area contributed by atoms with Gasteiger partial charge >= 0.3 is 0 Å². The maximum absolute atomic E-state index is 5.72. The van der Waals surface area contributed by atoms with Crippen LogP contribution in [0.5, 0.6) is 11.5 Å². The molecule has 0 bridgehead atoms. The van der Waals surface area contributed by atoms with Gasteiger partial charge in [-0.2, -0.15) is 0 Å². The van der Waals surface area contributed by atoms with Crippen molar-refractivity contribution in [2.75, 3.05) is 7.11 Å². The molecule has 0 saturated heterocycles. The zero-order valence-corrected chi connectivity index (χ0v) is 10.5. The van der Waals surface area contributed by atoms with Gasteiger partial charge < -0.3 is 15.2 Å². The fraction of sp³-hybridized carbons (Fsp3) is 0.231. The van der Waals surface area contributed by atoms with E-state index in [9.17, 15) is 0 Å². The lowest BCUT2D eigenvalue weighted by molar-refractivity contribution is 0.287. The van der Waals surface area contributed by atoms with Crippen LogP contribution in [0.3, 0.4) is 0 Å². The zero-order chi connectivity index (χ0) is 12.1. The molecule has 0 amide bonds. The highest BCUT2D eigenvalue weighted by Gasteiger charge is 2.05. The van der Waals surface area contributed by atoms with Gasteiger partial charge in [0, 0.05) is 11.4 Å². The summed E-state index contributed by atoms with van der Waals surface area (Å²) < 4.78 is 11.0. The Labute approximate surface area is 105 Å². The van der Waals surface area contributed by atoms with Crippen molar-refractivity contribution >= 4 is 11.3 Å². The summed E-state index contributed by atoms with van der Waals surface area (Å²) in [6.07, 6.45) is 0. The smallest absolute Gasteiger partial charge is 0.161 e. The van der Waals surface area contributed by atoms with Crippen LogP contribution in [0, 0.1) is 0 Å². The van der Waals surface area contributed by atoms with Crippen LogP contribution in [0.15, 0.2) is 35.7 Å². The molecule has 0 spiro atoms. The van der Waals surface area contributed by atoms with Gasteiger partial charge in [0.15, 0.2) is 11.5 Å². The van der Waals surface area contributed by atoms with Crippen LogP contribution >= 0.6 is 11.3 Å². The first-order valence-electron chi connectivity index (χ1n) is 5.35. The SMILES string of the molecule is COc1cc(CN)ccc1OCc1cccs1. The third kappa shape index (κ3) is 2.99. The Balaban J connectivity index is 2.09. The van der Waals surface area contributed by atoms with Gasteiger partial charge in [-0.3, -0.25) is 0 Å². The molecular weight excluding hydrogens is 234 g/mol. The number of hydrogen-bond acceptors (Lipinski definition) is 4. The van der Waals surface area contributed by atoms with Gasteiger partial charge in [-0.05, 0) is 29.1 Å². The Morgan fingerprint density at radius 1 is 1.24 bits per heavy atom. The molecule has 2 rings (SSSR count). The molecule has 2 N–H and O–H groups in total. The third-order valence-corrected chi connectivity index (χ3v) is 3.26. The van der Waals surface area contributed by atoms with E-state index in [0.717, 1.165) is 17.1 Å². The number of hydrogen-bond donors (Lipinski definition) is 1. The highest BCUT2D eigenvalue weighted by molar-refractivity contribution is 7.09. The summed E-state index contributed by atoms with van der Waals surface area (Å²) in [7, 11) is 1.63. The predicted molar refractivity (Wildman–Crippen MR) is 69.5 cm³/mol. The first-order valence-corrected chi connectivity index (χ1v) is 6.23. The van der Waals surface area contributed by atoms with E-state index in [-0.39, 0.29) is 0 Å². The van der Waals surface area contributed by atoms with Crippen LogP contribution in [0.1, 0.15) is 10.4 Å². The number of methoxy groups -OCH3 is 1. The summed E-state index contributed by atoms with van der Waals surface area (Å²) in [5, 5.41) is 2.04. The molecule has 0 atom stereocenters. The third-order valence-electron chi connectivity index (χ3n) is 2.41. The molecule has 90 valence electrons. The van der Waals surface area contributed by atoms with Crippen molar-refractivity contribution in [2.24, 2.45) is 5.73 Å². The van der Waals surface area contributed by atoms with Crippen molar-refractivity contribution < 1.29 is 9.47 Å². The molecule has 0 aliphatic heterocycles. The molecule has 1 aromatic carbocycles. The molecule has 0 aliphatic rings.